The van der Waals surface area contributed by atoms with E-state index in [1.165, 1.54) is 23.3 Å². The predicted octanol–water partition coefficient (Wildman–Crippen LogP) is 4.09. The van der Waals surface area contributed by atoms with Crippen molar-refractivity contribution in [3.8, 4) is 0 Å². The third kappa shape index (κ3) is 5.23. The molecule has 0 saturated carbocycles. The maximum atomic E-state index is 12.7. The van der Waals surface area contributed by atoms with Crippen LogP contribution in [0.1, 0.15) is 32.8 Å². The molecule has 1 aliphatic carbocycles. The molecule has 1 aromatic carbocycles. The number of halogens is 2. The fraction of sp³-hybridized carbons (Fsp3) is 0.455. The van der Waals surface area contributed by atoms with E-state index in [1.54, 1.807) is 0 Å². The molecule has 166 valence electrons. The number of nitrogens with one attached hydrogen (secondary N) is 1. The molecule has 0 radical (unpaired) electrons. The van der Waals surface area contributed by atoms with Crippen LogP contribution in [-0.4, -0.2) is 61.5 Å². The summed E-state index contributed by atoms with van der Waals surface area (Å²) in [4.78, 5) is 30.6. The van der Waals surface area contributed by atoms with E-state index in [-0.39, 0.29) is 11.9 Å². The average molecular weight is 482 g/mol. The Bertz CT molecular complexity index is 987. The monoisotopic (exact) mass is 481 g/mol. The molecule has 2 aliphatic rings. The molecule has 1 amide bonds. The first-order valence-electron chi connectivity index (χ1n) is 10.4. The molecule has 0 bridgehead atoms. The number of amides is 1. The Morgan fingerprint density at radius 1 is 1.10 bits per heavy atom. The Kier molecular flexibility index (Phi) is 7.19. The molecule has 1 aliphatic heterocycles. The van der Waals surface area contributed by atoms with Gasteiger partial charge in [-0.1, -0.05) is 29.3 Å². The standard InChI is InChI=1S/C22H25Cl2N3O3S/c1-30-22(29)20-15-3-2-4-18(15)31-21(20)25-19(28)13-27-9-7-26(8-10-27)12-14-5-6-16(23)17(24)11-14/h5-6,11H,2-4,7-10,12-13H2,1H3,(H,25,28). The van der Waals surface area contributed by atoms with Gasteiger partial charge in [0, 0.05) is 37.6 Å². The van der Waals surface area contributed by atoms with Gasteiger partial charge < -0.3 is 10.1 Å². The van der Waals surface area contributed by atoms with E-state index in [2.05, 4.69) is 15.1 Å². The first-order valence-corrected chi connectivity index (χ1v) is 11.9. The number of nitrogens with zero attached hydrogens (tertiary/aromatic N) is 2. The quantitative estimate of drug-likeness (QED) is 0.629. The number of benzene rings is 1. The van der Waals surface area contributed by atoms with Gasteiger partial charge in [-0.25, -0.2) is 4.79 Å². The van der Waals surface area contributed by atoms with Crippen molar-refractivity contribution < 1.29 is 14.3 Å². The van der Waals surface area contributed by atoms with Crippen LogP contribution in [0.3, 0.4) is 0 Å². The summed E-state index contributed by atoms with van der Waals surface area (Å²) in [6.45, 7) is 4.46. The molecule has 31 heavy (non-hydrogen) atoms. The first-order chi connectivity index (χ1) is 14.9. The second-order valence-electron chi connectivity index (χ2n) is 7.90. The van der Waals surface area contributed by atoms with Crippen molar-refractivity contribution in [2.45, 2.75) is 25.8 Å². The summed E-state index contributed by atoms with van der Waals surface area (Å²) in [5, 5.41) is 4.72. The first kappa shape index (κ1) is 22.6. The van der Waals surface area contributed by atoms with Crippen molar-refractivity contribution in [2.24, 2.45) is 0 Å². The smallest absolute Gasteiger partial charge is 0.341 e. The van der Waals surface area contributed by atoms with Crippen molar-refractivity contribution in [2.75, 3.05) is 45.2 Å². The Hall–Kier alpha value is -1.64. The van der Waals surface area contributed by atoms with Crippen molar-refractivity contribution in [3.63, 3.8) is 0 Å². The molecule has 2 aromatic rings. The number of methoxy groups -OCH3 is 1. The molecule has 1 saturated heterocycles. The summed E-state index contributed by atoms with van der Waals surface area (Å²) in [5.41, 5.74) is 2.71. The third-order valence-electron chi connectivity index (χ3n) is 5.79. The largest absolute Gasteiger partial charge is 0.465 e. The van der Waals surface area contributed by atoms with Crippen molar-refractivity contribution in [3.05, 3.63) is 49.8 Å². The summed E-state index contributed by atoms with van der Waals surface area (Å²) in [5.74, 6) is -0.464. The minimum Gasteiger partial charge on any atom is -0.465 e. The Morgan fingerprint density at radius 2 is 1.84 bits per heavy atom. The lowest BCUT2D eigenvalue weighted by molar-refractivity contribution is -0.117. The fourth-order valence-electron chi connectivity index (χ4n) is 4.18. The minimum absolute atomic E-state index is 0.0944. The van der Waals surface area contributed by atoms with Crippen LogP contribution in [0.2, 0.25) is 10.0 Å². The second-order valence-corrected chi connectivity index (χ2v) is 9.82. The number of esters is 1. The van der Waals surface area contributed by atoms with E-state index in [0.717, 1.165) is 63.1 Å². The zero-order valence-corrected chi connectivity index (χ0v) is 19.7. The van der Waals surface area contributed by atoms with Gasteiger partial charge in [0.15, 0.2) is 0 Å². The van der Waals surface area contributed by atoms with Crippen molar-refractivity contribution in [1.29, 1.82) is 0 Å². The lowest BCUT2D eigenvalue weighted by Crippen LogP contribution is -2.48. The lowest BCUT2D eigenvalue weighted by Gasteiger charge is -2.34. The zero-order chi connectivity index (χ0) is 22.0. The molecule has 1 N–H and O–H groups in total. The SMILES string of the molecule is COC(=O)c1c(NC(=O)CN2CCN(Cc3ccc(Cl)c(Cl)c3)CC2)sc2c1CCC2. The number of fused-ring (bicyclic) bond motifs is 1. The number of rotatable bonds is 6. The molecule has 2 heterocycles. The molecule has 0 unspecified atom stereocenters. The summed E-state index contributed by atoms with van der Waals surface area (Å²) >= 11 is 13.6. The van der Waals surface area contributed by atoms with Crippen LogP contribution >= 0.6 is 34.5 Å². The number of thiophene rings is 1. The Morgan fingerprint density at radius 3 is 2.55 bits per heavy atom. The number of hydrogen-bond donors (Lipinski definition) is 1. The summed E-state index contributed by atoms with van der Waals surface area (Å²) in [6, 6.07) is 5.72. The van der Waals surface area contributed by atoms with Gasteiger partial charge in [-0.05, 0) is 42.5 Å². The van der Waals surface area contributed by atoms with Gasteiger partial charge in [0.05, 0.1) is 29.3 Å². The van der Waals surface area contributed by atoms with Gasteiger partial charge in [0.25, 0.3) is 0 Å². The topological polar surface area (TPSA) is 61.9 Å². The summed E-state index contributed by atoms with van der Waals surface area (Å²) in [7, 11) is 1.38. The van der Waals surface area contributed by atoms with E-state index in [0.29, 0.717) is 27.2 Å². The van der Waals surface area contributed by atoms with Crippen LogP contribution in [0.25, 0.3) is 0 Å². The number of carbonyl (C=O) groups excluding carboxylic acids is 2. The van der Waals surface area contributed by atoms with Gasteiger partial charge in [0.2, 0.25) is 5.91 Å². The molecule has 0 atom stereocenters. The minimum atomic E-state index is -0.370. The van der Waals surface area contributed by atoms with Gasteiger partial charge >= 0.3 is 5.97 Å². The number of hydrogen-bond acceptors (Lipinski definition) is 6. The maximum absolute atomic E-state index is 12.7. The second kappa shape index (κ2) is 9.88. The molecular formula is C22H25Cl2N3O3S. The van der Waals surface area contributed by atoms with E-state index >= 15 is 0 Å². The van der Waals surface area contributed by atoms with Gasteiger partial charge in [-0.2, -0.15) is 0 Å². The molecule has 4 rings (SSSR count). The third-order valence-corrected chi connectivity index (χ3v) is 7.73. The normalized spacial score (nSPS) is 16.9. The highest BCUT2D eigenvalue weighted by molar-refractivity contribution is 7.17. The van der Waals surface area contributed by atoms with Gasteiger partial charge in [-0.3, -0.25) is 14.6 Å². The van der Waals surface area contributed by atoms with E-state index in [4.69, 9.17) is 27.9 Å². The molecule has 1 fully saturated rings. The van der Waals surface area contributed by atoms with Crippen LogP contribution in [0.5, 0.6) is 0 Å². The average Bonchev–Trinajstić information content (AvgIpc) is 3.32. The Labute approximate surface area is 196 Å². The van der Waals surface area contributed by atoms with Crippen LogP contribution in [0.15, 0.2) is 18.2 Å². The number of carbonyl (C=O) groups is 2. The van der Waals surface area contributed by atoms with Crippen molar-refractivity contribution in [1.82, 2.24) is 9.80 Å². The van der Waals surface area contributed by atoms with Crippen LogP contribution in [-0.2, 0) is 28.9 Å². The molecule has 0 spiro atoms. The molecular weight excluding hydrogens is 457 g/mol. The highest BCUT2D eigenvalue weighted by Gasteiger charge is 2.28. The van der Waals surface area contributed by atoms with Crippen LogP contribution < -0.4 is 5.32 Å². The zero-order valence-electron chi connectivity index (χ0n) is 17.4. The number of piperazine rings is 1. The lowest BCUT2D eigenvalue weighted by atomic mass is 10.1. The number of anilines is 1. The van der Waals surface area contributed by atoms with Gasteiger partial charge in [-0.15, -0.1) is 11.3 Å². The van der Waals surface area contributed by atoms with E-state index < -0.39 is 0 Å². The summed E-state index contributed by atoms with van der Waals surface area (Å²) in [6.07, 6.45) is 2.87. The van der Waals surface area contributed by atoms with Crippen LogP contribution in [0.4, 0.5) is 5.00 Å². The molecule has 1 aromatic heterocycles. The van der Waals surface area contributed by atoms with Gasteiger partial charge in [0.1, 0.15) is 5.00 Å². The maximum Gasteiger partial charge on any atom is 0.341 e. The molecule has 6 nitrogen and oxygen atoms in total. The number of ether oxygens (including phenoxy) is 1. The predicted molar refractivity (Wildman–Crippen MR) is 124 cm³/mol. The van der Waals surface area contributed by atoms with Crippen molar-refractivity contribution >= 4 is 51.4 Å². The van der Waals surface area contributed by atoms with E-state index in [9.17, 15) is 9.59 Å². The summed E-state index contributed by atoms with van der Waals surface area (Å²) < 4.78 is 4.95. The van der Waals surface area contributed by atoms with E-state index in [1.807, 2.05) is 18.2 Å². The van der Waals surface area contributed by atoms with Crippen LogP contribution in [0, 0.1) is 0 Å². The highest BCUT2D eigenvalue weighted by Crippen LogP contribution is 2.39. The fourth-order valence-corrected chi connectivity index (χ4v) is 5.80. The molecule has 9 heteroatoms. The number of aryl methyl sites for hydroxylation is 1. The Balaban J connectivity index is 1.30. The highest BCUT2D eigenvalue weighted by atomic mass is 35.5.